The van der Waals surface area contributed by atoms with Crippen LogP contribution in [0.15, 0.2) is 18.2 Å². The molecule has 1 amide bonds. The molecule has 0 radical (unpaired) electrons. The Labute approximate surface area is 126 Å². The first-order chi connectivity index (χ1) is 9.89. The molecule has 6 heteroatoms. The van der Waals surface area contributed by atoms with Crippen molar-refractivity contribution in [2.45, 2.75) is 32.2 Å². The average molecular weight is 310 g/mol. The lowest BCUT2D eigenvalue weighted by atomic mass is 10.0. The topological polar surface area (TPSA) is 75.3 Å². The van der Waals surface area contributed by atoms with Crippen LogP contribution in [0.2, 0.25) is 0 Å². The summed E-state index contributed by atoms with van der Waals surface area (Å²) >= 11 is 0. The quantitative estimate of drug-likeness (QED) is 0.867. The number of carbonyl (C=O) groups excluding carboxylic acids is 1. The predicted molar refractivity (Wildman–Crippen MR) is 84.1 cm³/mol. The van der Waals surface area contributed by atoms with Gasteiger partial charge in [0.15, 0.2) is 0 Å². The molecule has 1 unspecified atom stereocenters. The Hall–Kier alpha value is -1.40. The molecule has 0 saturated heterocycles. The van der Waals surface area contributed by atoms with Gasteiger partial charge in [0.1, 0.15) is 9.84 Å². The molecule has 1 aromatic rings. The van der Waals surface area contributed by atoms with Gasteiger partial charge in [0, 0.05) is 24.4 Å². The van der Waals surface area contributed by atoms with E-state index in [1.165, 1.54) is 6.26 Å². The summed E-state index contributed by atoms with van der Waals surface area (Å²) in [7, 11) is -3.06. The average Bonchev–Trinajstić information content (AvgIpc) is 2.56. The van der Waals surface area contributed by atoms with Crippen LogP contribution in [0.1, 0.15) is 36.9 Å². The minimum atomic E-state index is -3.06. The van der Waals surface area contributed by atoms with Crippen molar-refractivity contribution in [3.63, 3.8) is 0 Å². The van der Waals surface area contributed by atoms with Crippen LogP contribution in [0.5, 0.6) is 0 Å². The van der Waals surface area contributed by atoms with Crippen LogP contribution >= 0.6 is 0 Å². The molecule has 0 fully saturated rings. The summed E-state index contributed by atoms with van der Waals surface area (Å²) in [5.74, 6) is 0.118. The zero-order valence-corrected chi connectivity index (χ0v) is 13.3. The fourth-order valence-electron chi connectivity index (χ4n) is 2.63. The van der Waals surface area contributed by atoms with E-state index in [9.17, 15) is 13.2 Å². The molecule has 0 spiro atoms. The summed E-state index contributed by atoms with van der Waals surface area (Å²) in [6, 6.07) is 5.57. The zero-order chi connectivity index (χ0) is 15.5. The van der Waals surface area contributed by atoms with E-state index in [1.54, 1.807) is 0 Å². The zero-order valence-electron chi connectivity index (χ0n) is 12.5. The van der Waals surface area contributed by atoms with E-state index < -0.39 is 9.84 Å². The van der Waals surface area contributed by atoms with Gasteiger partial charge < -0.3 is 10.6 Å². The molecule has 2 N–H and O–H groups in total. The maximum Gasteiger partial charge on any atom is 0.224 e. The molecule has 2 rings (SSSR count). The van der Waals surface area contributed by atoms with Crippen LogP contribution in [0, 0.1) is 0 Å². The fraction of sp³-hybridized carbons (Fsp3) is 0.533. The molecule has 1 aliphatic heterocycles. The molecular formula is C15H22N2O3S. The van der Waals surface area contributed by atoms with Crippen LogP contribution in [-0.2, 0) is 21.1 Å². The van der Waals surface area contributed by atoms with Gasteiger partial charge in [-0.1, -0.05) is 19.1 Å². The first-order valence-corrected chi connectivity index (χ1v) is 9.29. The van der Waals surface area contributed by atoms with Gasteiger partial charge in [0.25, 0.3) is 0 Å². The second-order valence-corrected chi connectivity index (χ2v) is 7.71. The number of benzene rings is 1. The highest BCUT2D eigenvalue weighted by molar-refractivity contribution is 7.90. The number of nitrogens with one attached hydrogen (secondary N) is 2. The number of sulfone groups is 1. The Bertz CT molecular complexity index is 626. The van der Waals surface area contributed by atoms with E-state index >= 15 is 0 Å². The van der Waals surface area contributed by atoms with Gasteiger partial charge in [0.2, 0.25) is 5.91 Å². The number of fused-ring (bicyclic) bond motifs is 1. The van der Waals surface area contributed by atoms with Crippen molar-refractivity contribution in [3.05, 3.63) is 29.3 Å². The van der Waals surface area contributed by atoms with E-state index in [-0.39, 0.29) is 17.7 Å². The Morgan fingerprint density at radius 1 is 1.33 bits per heavy atom. The van der Waals surface area contributed by atoms with Crippen LogP contribution in [-0.4, -0.2) is 32.9 Å². The fourth-order valence-corrected chi connectivity index (χ4v) is 3.55. The Balaban J connectivity index is 2.30. The number of amides is 1. The van der Waals surface area contributed by atoms with E-state index in [4.69, 9.17) is 0 Å². The molecule has 1 heterocycles. The highest BCUT2D eigenvalue weighted by Gasteiger charge is 2.19. The number of carbonyl (C=O) groups is 1. The third-order valence-electron chi connectivity index (χ3n) is 3.58. The maximum absolute atomic E-state index is 11.6. The third kappa shape index (κ3) is 4.54. The standard InChI is InChI=1S/C15H22N2O3S/c1-3-16-14(10-21(2,19)20)12-7-8-13-11(9-12)5-4-6-15(18)17-13/h7-9,14,16H,3-6,10H2,1-2H3,(H,17,18). The lowest BCUT2D eigenvalue weighted by Crippen LogP contribution is -2.27. The van der Waals surface area contributed by atoms with Crippen molar-refractivity contribution < 1.29 is 13.2 Å². The van der Waals surface area contributed by atoms with Crippen molar-refractivity contribution in [1.82, 2.24) is 5.32 Å². The number of hydrogen-bond donors (Lipinski definition) is 2. The van der Waals surface area contributed by atoms with Gasteiger partial charge in [-0.05, 0) is 36.6 Å². The van der Waals surface area contributed by atoms with Gasteiger partial charge in [-0.2, -0.15) is 0 Å². The molecule has 1 atom stereocenters. The largest absolute Gasteiger partial charge is 0.326 e. The van der Waals surface area contributed by atoms with E-state index in [0.717, 1.165) is 29.7 Å². The van der Waals surface area contributed by atoms with E-state index in [2.05, 4.69) is 10.6 Å². The van der Waals surface area contributed by atoms with Crippen molar-refractivity contribution in [2.24, 2.45) is 0 Å². The highest BCUT2D eigenvalue weighted by atomic mass is 32.2. The third-order valence-corrected chi connectivity index (χ3v) is 4.51. The van der Waals surface area contributed by atoms with Crippen molar-refractivity contribution in [1.29, 1.82) is 0 Å². The summed E-state index contributed by atoms with van der Waals surface area (Å²) in [6.45, 7) is 2.66. The summed E-state index contributed by atoms with van der Waals surface area (Å²) in [6.07, 6.45) is 3.44. The normalized spacial score (nSPS) is 16.8. The van der Waals surface area contributed by atoms with Crippen LogP contribution in [0.3, 0.4) is 0 Å². The van der Waals surface area contributed by atoms with Gasteiger partial charge in [-0.25, -0.2) is 8.42 Å². The molecule has 5 nitrogen and oxygen atoms in total. The molecule has 116 valence electrons. The minimum Gasteiger partial charge on any atom is -0.326 e. The smallest absolute Gasteiger partial charge is 0.224 e. The van der Waals surface area contributed by atoms with Crippen LogP contribution in [0.4, 0.5) is 5.69 Å². The van der Waals surface area contributed by atoms with Crippen molar-refractivity contribution in [2.75, 3.05) is 23.9 Å². The number of rotatable bonds is 5. The summed E-state index contributed by atoms with van der Waals surface area (Å²) < 4.78 is 23.2. The molecule has 21 heavy (non-hydrogen) atoms. The number of hydrogen-bond acceptors (Lipinski definition) is 4. The van der Waals surface area contributed by atoms with Crippen LogP contribution < -0.4 is 10.6 Å². The molecule has 1 aliphatic rings. The monoisotopic (exact) mass is 310 g/mol. The lowest BCUT2D eigenvalue weighted by molar-refractivity contribution is -0.116. The highest BCUT2D eigenvalue weighted by Crippen LogP contribution is 2.26. The van der Waals surface area contributed by atoms with Gasteiger partial charge in [-0.15, -0.1) is 0 Å². The Morgan fingerprint density at radius 2 is 2.10 bits per heavy atom. The van der Waals surface area contributed by atoms with E-state index in [1.807, 2.05) is 25.1 Å². The van der Waals surface area contributed by atoms with Gasteiger partial charge in [-0.3, -0.25) is 4.79 Å². The Morgan fingerprint density at radius 3 is 2.76 bits per heavy atom. The molecule has 0 aliphatic carbocycles. The summed E-state index contributed by atoms with van der Waals surface area (Å²) in [4.78, 5) is 11.6. The van der Waals surface area contributed by atoms with Crippen molar-refractivity contribution in [3.8, 4) is 0 Å². The predicted octanol–water partition coefficient (Wildman–Crippen LogP) is 1.66. The first kappa shape index (κ1) is 16.0. The molecule has 1 aromatic carbocycles. The number of anilines is 1. The second-order valence-electron chi connectivity index (χ2n) is 5.52. The van der Waals surface area contributed by atoms with Gasteiger partial charge in [0.05, 0.1) is 5.75 Å². The molecule has 0 saturated carbocycles. The summed E-state index contributed by atoms with van der Waals surface area (Å²) in [5.41, 5.74) is 2.88. The minimum absolute atomic E-state index is 0.0425. The lowest BCUT2D eigenvalue weighted by Gasteiger charge is -2.19. The first-order valence-electron chi connectivity index (χ1n) is 7.23. The SMILES string of the molecule is CCNC(CS(C)(=O)=O)c1ccc2c(c1)CCCC(=O)N2. The second kappa shape index (κ2) is 6.58. The maximum atomic E-state index is 11.6. The van der Waals surface area contributed by atoms with Gasteiger partial charge >= 0.3 is 0 Å². The van der Waals surface area contributed by atoms with Crippen LogP contribution in [0.25, 0.3) is 0 Å². The summed E-state index contributed by atoms with van der Waals surface area (Å²) in [5, 5.41) is 6.11. The van der Waals surface area contributed by atoms with Crippen molar-refractivity contribution >= 4 is 21.4 Å². The Kier molecular flexibility index (Phi) is 5.00. The molecule has 0 aromatic heterocycles. The molecular weight excluding hydrogens is 288 g/mol. The molecule has 0 bridgehead atoms. The number of aryl methyl sites for hydroxylation is 1. The van der Waals surface area contributed by atoms with E-state index in [0.29, 0.717) is 13.0 Å².